The second-order valence-electron chi connectivity index (χ2n) is 6.72. The minimum atomic E-state index is -0.379. The van der Waals surface area contributed by atoms with Gasteiger partial charge >= 0.3 is 0 Å². The molecule has 1 amide bonds. The molecule has 3 unspecified atom stereocenters. The van der Waals surface area contributed by atoms with Gasteiger partial charge in [-0.15, -0.1) is 24.8 Å². The number of amides is 1. The van der Waals surface area contributed by atoms with Crippen LogP contribution in [0, 0.1) is 11.8 Å². The van der Waals surface area contributed by atoms with Gasteiger partial charge in [-0.1, -0.05) is 20.3 Å². The Bertz CT molecular complexity index is 324. The van der Waals surface area contributed by atoms with Crippen molar-refractivity contribution in [2.75, 3.05) is 33.2 Å². The first kappa shape index (κ1) is 25.2. The smallest absolute Gasteiger partial charge is 0.239 e. The Hall–Kier alpha value is -0.0700. The molecule has 3 atom stereocenters. The summed E-state index contributed by atoms with van der Waals surface area (Å²) in [5.74, 6) is 0.844. The number of likely N-dealkylation sites (tertiary alicyclic amines) is 1. The molecule has 23 heavy (non-hydrogen) atoms. The molecule has 5 nitrogen and oxygen atoms in total. The summed E-state index contributed by atoms with van der Waals surface area (Å²) in [6.07, 6.45) is 2.84. The highest BCUT2D eigenvalue weighted by molar-refractivity contribution is 5.85. The molecule has 0 radical (unpaired) electrons. The van der Waals surface area contributed by atoms with Crippen molar-refractivity contribution in [1.82, 2.24) is 9.80 Å². The molecule has 0 saturated carbocycles. The van der Waals surface area contributed by atoms with Crippen molar-refractivity contribution in [2.24, 2.45) is 17.6 Å². The number of carbonyl (C=O) groups excluding carboxylic acids is 1. The fourth-order valence-corrected chi connectivity index (χ4v) is 2.95. The number of nitrogens with zero attached hydrogens (tertiary/aromatic N) is 2. The number of piperidine rings is 1. The lowest BCUT2D eigenvalue weighted by atomic mass is 9.94. The predicted octanol–water partition coefficient (Wildman–Crippen LogP) is 1.75. The van der Waals surface area contributed by atoms with E-state index in [4.69, 9.17) is 5.73 Å². The third-order valence-electron chi connectivity index (χ3n) is 4.68. The Kier molecular flexibility index (Phi) is 13.5. The van der Waals surface area contributed by atoms with E-state index in [2.05, 4.69) is 11.8 Å². The zero-order valence-electron chi connectivity index (χ0n) is 14.9. The SMILES string of the molecule is CCC(C)C(N)C(=O)N(C)CC1CCN(CC(C)O)CC1.Cl.Cl. The van der Waals surface area contributed by atoms with Crippen LogP contribution >= 0.6 is 24.8 Å². The second-order valence-corrected chi connectivity index (χ2v) is 6.72. The molecule has 1 saturated heterocycles. The van der Waals surface area contributed by atoms with E-state index >= 15 is 0 Å². The highest BCUT2D eigenvalue weighted by Gasteiger charge is 2.26. The van der Waals surface area contributed by atoms with Crippen LogP contribution in [-0.4, -0.2) is 66.2 Å². The molecule has 1 heterocycles. The van der Waals surface area contributed by atoms with E-state index in [-0.39, 0.29) is 48.8 Å². The van der Waals surface area contributed by atoms with Crippen LogP contribution in [0.25, 0.3) is 0 Å². The Balaban J connectivity index is 0. The van der Waals surface area contributed by atoms with E-state index in [1.54, 1.807) is 0 Å². The molecule has 1 aliphatic rings. The summed E-state index contributed by atoms with van der Waals surface area (Å²) in [7, 11) is 1.87. The first-order valence-corrected chi connectivity index (χ1v) is 8.26. The molecule has 7 heteroatoms. The predicted molar refractivity (Wildman–Crippen MR) is 100 cm³/mol. The summed E-state index contributed by atoms with van der Waals surface area (Å²) < 4.78 is 0. The molecule has 0 bridgehead atoms. The van der Waals surface area contributed by atoms with E-state index in [9.17, 15) is 9.90 Å². The maximum absolute atomic E-state index is 12.3. The number of likely N-dealkylation sites (N-methyl/N-ethyl adjacent to an activating group) is 1. The molecule has 140 valence electrons. The molecule has 3 N–H and O–H groups in total. The summed E-state index contributed by atoms with van der Waals surface area (Å²) in [6, 6.07) is -0.379. The van der Waals surface area contributed by atoms with Gasteiger partial charge in [0.05, 0.1) is 12.1 Å². The van der Waals surface area contributed by atoms with Gasteiger partial charge < -0.3 is 20.6 Å². The standard InChI is InChI=1S/C16H33N3O2.2ClH/c1-5-12(2)15(17)16(21)18(4)11-14-6-8-19(9-7-14)10-13(3)20;;/h12-15,20H,5-11,17H2,1-4H3;2*1H. The van der Waals surface area contributed by atoms with Crippen molar-refractivity contribution < 1.29 is 9.90 Å². The highest BCUT2D eigenvalue weighted by atomic mass is 35.5. The van der Waals surface area contributed by atoms with Crippen molar-refractivity contribution in [3.63, 3.8) is 0 Å². The number of β-amino-alcohol motifs (C(OH)–C–C–N with tert-alkyl or cyclic N) is 1. The van der Waals surface area contributed by atoms with E-state index in [1.165, 1.54) is 0 Å². The number of hydrogen-bond donors (Lipinski definition) is 2. The number of hydrogen-bond acceptors (Lipinski definition) is 4. The molecule has 0 aromatic carbocycles. The van der Waals surface area contributed by atoms with Crippen LogP contribution in [0.5, 0.6) is 0 Å². The maximum Gasteiger partial charge on any atom is 0.239 e. The molecular formula is C16H35Cl2N3O2. The number of halogens is 2. The summed E-state index contributed by atoms with van der Waals surface area (Å²) in [4.78, 5) is 16.4. The second kappa shape index (κ2) is 12.3. The lowest BCUT2D eigenvalue weighted by molar-refractivity contribution is -0.133. The van der Waals surface area contributed by atoms with Gasteiger partial charge in [0.1, 0.15) is 0 Å². The molecule has 0 spiro atoms. The number of aliphatic hydroxyl groups excluding tert-OH is 1. The summed E-state index contributed by atoms with van der Waals surface area (Å²) in [5, 5.41) is 9.42. The number of rotatable bonds is 7. The van der Waals surface area contributed by atoms with Gasteiger partial charge in [-0.05, 0) is 44.7 Å². The van der Waals surface area contributed by atoms with Crippen molar-refractivity contribution in [2.45, 2.75) is 52.2 Å². The number of carbonyl (C=O) groups is 1. The normalized spacial score (nSPS) is 19.9. The summed E-state index contributed by atoms with van der Waals surface area (Å²) in [5.41, 5.74) is 6.03. The molecule has 1 fully saturated rings. The van der Waals surface area contributed by atoms with Gasteiger partial charge in [-0.2, -0.15) is 0 Å². The van der Waals surface area contributed by atoms with Gasteiger partial charge in [-0.3, -0.25) is 4.79 Å². The Labute approximate surface area is 153 Å². The first-order valence-electron chi connectivity index (χ1n) is 8.26. The summed E-state index contributed by atoms with van der Waals surface area (Å²) >= 11 is 0. The number of aliphatic hydroxyl groups is 1. The van der Waals surface area contributed by atoms with Gasteiger partial charge in [-0.25, -0.2) is 0 Å². The summed E-state index contributed by atoms with van der Waals surface area (Å²) in [6.45, 7) is 9.49. The van der Waals surface area contributed by atoms with E-state index < -0.39 is 0 Å². The topological polar surface area (TPSA) is 69.8 Å². The van der Waals surface area contributed by atoms with Gasteiger partial charge in [0, 0.05) is 20.1 Å². The van der Waals surface area contributed by atoms with Crippen molar-refractivity contribution in [1.29, 1.82) is 0 Å². The molecule has 0 aromatic rings. The zero-order valence-corrected chi connectivity index (χ0v) is 16.5. The van der Waals surface area contributed by atoms with E-state index in [0.29, 0.717) is 5.92 Å². The Morgan fingerprint density at radius 2 is 1.83 bits per heavy atom. The van der Waals surface area contributed by atoms with E-state index in [1.807, 2.05) is 25.8 Å². The van der Waals surface area contributed by atoms with Crippen molar-refractivity contribution in [3.8, 4) is 0 Å². The van der Waals surface area contributed by atoms with Gasteiger partial charge in [0.25, 0.3) is 0 Å². The molecular weight excluding hydrogens is 337 g/mol. The quantitative estimate of drug-likeness (QED) is 0.715. The average molecular weight is 372 g/mol. The van der Waals surface area contributed by atoms with Crippen LogP contribution in [0.15, 0.2) is 0 Å². The molecule has 0 aliphatic carbocycles. The van der Waals surface area contributed by atoms with Gasteiger partial charge in [0.15, 0.2) is 0 Å². The van der Waals surface area contributed by atoms with E-state index in [0.717, 1.165) is 45.4 Å². The van der Waals surface area contributed by atoms with Gasteiger partial charge in [0.2, 0.25) is 5.91 Å². The maximum atomic E-state index is 12.3. The van der Waals surface area contributed by atoms with Crippen molar-refractivity contribution in [3.05, 3.63) is 0 Å². The third-order valence-corrected chi connectivity index (χ3v) is 4.68. The molecule has 0 aromatic heterocycles. The van der Waals surface area contributed by atoms with Crippen LogP contribution < -0.4 is 5.73 Å². The first-order chi connectivity index (χ1) is 9.85. The minimum absolute atomic E-state index is 0. The van der Waals surface area contributed by atoms with Crippen LogP contribution in [0.2, 0.25) is 0 Å². The minimum Gasteiger partial charge on any atom is -0.392 e. The zero-order chi connectivity index (χ0) is 16.0. The molecule has 1 rings (SSSR count). The fourth-order valence-electron chi connectivity index (χ4n) is 2.95. The Morgan fingerprint density at radius 1 is 1.30 bits per heavy atom. The Morgan fingerprint density at radius 3 is 2.26 bits per heavy atom. The van der Waals surface area contributed by atoms with Crippen LogP contribution in [0.4, 0.5) is 0 Å². The number of nitrogens with two attached hydrogens (primary N) is 1. The van der Waals surface area contributed by atoms with Crippen LogP contribution in [0.3, 0.4) is 0 Å². The highest BCUT2D eigenvalue weighted by Crippen LogP contribution is 2.19. The van der Waals surface area contributed by atoms with Crippen LogP contribution in [-0.2, 0) is 4.79 Å². The molecule has 1 aliphatic heterocycles. The largest absolute Gasteiger partial charge is 0.392 e. The fraction of sp³-hybridized carbons (Fsp3) is 0.938. The lowest BCUT2D eigenvalue weighted by Crippen LogP contribution is -2.48. The third kappa shape index (κ3) is 8.54. The van der Waals surface area contributed by atoms with Crippen LogP contribution in [0.1, 0.15) is 40.0 Å². The average Bonchev–Trinajstić information content (AvgIpc) is 2.46. The monoisotopic (exact) mass is 371 g/mol. The lowest BCUT2D eigenvalue weighted by Gasteiger charge is -2.35. The van der Waals surface area contributed by atoms with Crippen molar-refractivity contribution >= 4 is 30.7 Å².